The minimum atomic E-state index is 0. The smallest absolute Gasteiger partial charge is 1.00 e. The number of hydrogen-bond donors (Lipinski definition) is 0. The van der Waals surface area contributed by atoms with E-state index in [9.17, 15) is 0 Å². The van der Waals surface area contributed by atoms with Gasteiger partial charge in [0.25, 0.3) is 0 Å². The first-order chi connectivity index (χ1) is 7.18. The SMILES string of the molecule is CC1=CC[C-]=C1.CC1=[C-]CC(C)=C1.[CH2]=[Zr+2].[Cl-].[Cl-]. The van der Waals surface area contributed by atoms with Crippen LogP contribution < -0.4 is 24.8 Å². The van der Waals surface area contributed by atoms with E-state index in [1.54, 1.807) is 0 Å². The van der Waals surface area contributed by atoms with Gasteiger partial charge in [-0.1, -0.05) is 13.8 Å². The molecule has 0 aromatic rings. The molecule has 3 heteroatoms. The van der Waals surface area contributed by atoms with Crippen LogP contribution in [0.4, 0.5) is 0 Å². The number of hydrogen-bond acceptors (Lipinski definition) is 0. The zero-order valence-corrected chi connectivity index (χ0v) is 14.6. The van der Waals surface area contributed by atoms with E-state index in [1.807, 2.05) is 6.08 Å². The van der Waals surface area contributed by atoms with Gasteiger partial charge >= 0.3 is 28.4 Å². The summed E-state index contributed by atoms with van der Waals surface area (Å²) in [5, 5.41) is 0. The summed E-state index contributed by atoms with van der Waals surface area (Å²) < 4.78 is 3.34. The standard InChI is InChI=1S/C7H9.C6H7.CH2.2ClH.Zr/c1-6-3-4-7(2)5-6;1-6-4-2-3-5-6;;;;/h5H,3H2,1-2H3;4-5H,2H2,1H3;1H2;2*1H;/q2*-1;;;;+2/p-2. The Morgan fingerprint density at radius 2 is 1.76 bits per heavy atom. The Bertz CT molecular complexity index is 309. The second-order valence-corrected chi connectivity index (χ2v) is 3.53. The van der Waals surface area contributed by atoms with Crippen LogP contribution in [0.15, 0.2) is 34.9 Å². The molecule has 2 rings (SSSR count). The first-order valence-electron chi connectivity index (χ1n) is 5.02. The average Bonchev–Trinajstić information content (AvgIpc) is 2.82. The van der Waals surface area contributed by atoms with Crippen molar-refractivity contribution in [3.63, 3.8) is 0 Å². The number of allylic oxidation sites excluding steroid dienone is 8. The predicted molar refractivity (Wildman–Crippen MR) is 64.1 cm³/mol. The van der Waals surface area contributed by atoms with Crippen LogP contribution in [0.25, 0.3) is 0 Å². The van der Waals surface area contributed by atoms with Gasteiger partial charge in [0.2, 0.25) is 0 Å². The van der Waals surface area contributed by atoms with Crippen molar-refractivity contribution in [3.05, 3.63) is 47.1 Å². The second kappa shape index (κ2) is 14.4. The third kappa shape index (κ3) is 12.5. The Balaban J connectivity index is -0.000000184. The molecular formula is C14H18Cl2Zr-2. The van der Waals surface area contributed by atoms with Crippen molar-refractivity contribution < 1.29 is 49.0 Å². The van der Waals surface area contributed by atoms with E-state index >= 15 is 0 Å². The summed E-state index contributed by atoms with van der Waals surface area (Å²) in [5.74, 6) is 0. The molecule has 0 N–H and O–H groups in total. The van der Waals surface area contributed by atoms with Crippen LogP contribution in [0, 0.1) is 12.2 Å². The van der Waals surface area contributed by atoms with Crippen molar-refractivity contribution in [2.45, 2.75) is 33.6 Å². The fourth-order valence-electron chi connectivity index (χ4n) is 1.25. The zero-order chi connectivity index (χ0) is 11.7. The van der Waals surface area contributed by atoms with Gasteiger partial charge in [-0.25, -0.2) is 23.3 Å². The van der Waals surface area contributed by atoms with Gasteiger partial charge in [0.1, 0.15) is 0 Å². The van der Waals surface area contributed by atoms with Gasteiger partial charge in [-0.05, 0) is 0 Å². The van der Waals surface area contributed by atoms with E-state index in [1.165, 1.54) is 41.0 Å². The Morgan fingerprint density at radius 3 is 1.88 bits per heavy atom. The Kier molecular flexibility index (Phi) is 19.0. The third-order valence-corrected chi connectivity index (χ3v) is 1.98. The maximum atomic E-state index is 3.34. The normalized spacial score (nSPS) is 14.8. The number of rotatable bonds is 0. The zero-order valence-electron chi connectivity index (χ0n) is 10.6. The Morgan fingerprint density at radius 1 is 1.18 bits per heavy atom. The molecule has 0 bridgehead atoms. The maximum Gasteiger partial charge on any atom is -1.00 e. The molecule has 0 unspecified atom stereocenters. The van der Waals surface area contributed by atoms with Gasteiger partial charge < -0.3 is 24.8 Å². The number of halogens is 2. The van der Waals surface area contributed by atoms with E-state index in [4.69, 9.17) is 0 Å². The van der Waals surface area contributed by atoms with Gasteiger partial charge in [0.15, 0.2) is 0 Å². The van der Waals surface area contributed by atoms with Crippen LogP contribution in [0.5, 0.6) is 0 Å². The quantitative estimate of drug-likeness (QED) is 0.434. The van der Waals surface area contributed by atoms with Gasteiger partial charge in [-0.15, -0.1) is 19.8 Å². The summed E-state index contributed by atoms with van der Waals surface area (Å²) in [4.78, 5) is 0. The second-order valence-electron chi connectivity index (χ2n) is 3.53. The van der Waals surface area contributed by atoms with Crippen molar-refractivity contribution in [2.75, 3.05) is 0 Å². The molecule has 0 fully saturated rings. The molecule has 0 nitrogen and oxygen atoms in total. The molecular weight excluding hydrogens is 330 g/mol. The maximum absolute atomic E-state index is 3.34. The van der Waals surface area contributed by atoms with E-state index < -0.39 is 0 Å². The molecule has 0 aromatic carbocycles. The van der Waals surface area contributed by atoms with Gasteiger partial charge in [-0.2, -0.15) is 11.6 Å². The molecule has 0 saturated carbocycles. The summed E-state index contributed by atoms with van der Waals surface area (Å²) in [7, 11) is 0. The molecule has 2 aliphatic carbocycles. The summed E-state index contributed by atoms with van der Waals surface area (Å²) >= 11 is 1.30. The molecule has 0 amide bonds. The van der Waals surface area contributed by atoms with Crippen molar-refractivity contribution in [1.82, 2.24) is 0 Å². The molecule has 0 atom stereocenters. The minimum Gasteiger partial charge on any atom is -1.00 e. The summed E-state index contributed by atoms with van der Waals surface area (Å²) in [6.45, 7) is 6.29. The van der Waals surface area contributed by atoms with Crippen LogP contribution in [0.3, 0.4) is 0 Å². The first kappa shape index (κ1) is 22.5. The fourth-order valence-corrected chi connectivity index (χ4v) is 1.25. The van der Waals surface area contributed by atoms with Crippen LogP contribution >= 0.6 is 0 Å². The van der Waals surface area contributed by atoms with Crippen molar-refractivity contribution in [2.24, 2.45) is 0 Å². The van der Waals surface area contributed by atoms with E-state index in [2.05, 4.69) is 49.3 Å². The van der Waals surface area contributed by atoms with Gasteiger partial charge in [0, 0.05) is 0 Å². The average molecular weight is 348 g/mol. The molecule has 0 aliphatic heterocycles. The first-order valence-corrected chi connectivity index (χ1v) is 6.75. The van der Waals surface area contributed by atoms with Gasteiger partial charge in [-0.3, -0.25) is 12.2 Å². The van der Waals surface area contributed by atoms with Crippen LogP contribution in [-0.4, -0.2) is 4.21 Å². The Labute approximate surface area is 133 Å². The summed E-state index contributed by atoms with van der Waals surface area (Å²) in [6.07, 6.45) is 14.6. The monoisotopic (exact) mass is 346 g/mol. The summed E-state index contributed by atoms with van der Waals surface area (Å²) in [5.41, 5.74) is 4.06. The summed E-state index contributed by atoms with van der Waals surface area (Å²) in [6, 6.07) is 0. The molecule has 0 saturated heterocycles. The fraction of sp³-hybridized carbons (Fsp3) is 0.357. The largest absolute Gasteiger partial charge is 1.00 e. The van der Waals surface area contributed by atoms with Crippen molar-refractivity contribution in [1.29, 1.82) is 0 Å². The molecule has 0 heterocycles. The van der Waals surface area contributed by atoms with Crippen LogP contribution in [-0.2, 0) is 24.2 Å². The Hall–Kier alpha value is 0.293. The molecule has 0 aromatic heterocycles. The van der Waals surface area contributed by atoms with E-state index in [0.29, 0.717) is 0 Å². The topological polar surface area (TPSA) is 0 Å². The third-order valence-electron chi connectivity index (χ3n) is 1.98. The van der Waals surface area contributed by atoms with Crippen molar-refractivity contribution >= 4 is 4.21 Å². The predicted octanol–water partition coefficient (Wildman–Crippen LogP) is -2.25. The molecule has 0 spiro atoms. The minimum absolute atomic E-state index is 0. The molecule has 94 valence electrons. The molecule has 0 radical (unpaired) electrons. The molecule has 17 heavy (non-hydrogen) atoms. The van der Waals surface area contributed by atoms with Crippen molar-refractivity contribution in [3.8, 4) is 0 Å². The molecule has 2 aliphatic rings. The van der Waals surface area contributed by atoms with Crippen LogP contribution in [0.1, 0.15) is 33.6 Å². The van der Waals surface area contributed by atoms with E-state index in [0.717, 1.165) is 12.8 Å². The van der Waals surface area contributed by atoms with Crippen LogP contribution in [0.2, 0.25) is 0 Å². The van der Waals surface area contributed by atoms with E-state index in [-0.39, 0.29) is 24.8 Å². The van der Waals surface area contributed by atoms with Gasteiger partial charge in [0.05, 0.1) is 0 Å².